The number of unbranched alkanes of at least 4 members (excludes halogenated alkanes) is 15. The molecule has 0 aromatic rings. The normalized spacial score (nSPS) is 17.9. The van der Waals surface area contributed by atoms with E-state index >= 15 is 0 Å². The van der Waals surface area contributed by atoms with Crippen LogP contribution in [-0.4, -0.2) is 27.3 Å². The molecule has 0 N–H and O–H groups in total. The zero-order valence-corrected chi connectivity index (χ0v) is 20.7. The highest BCUT2D eigenvalue weighted by Crippen LogP contribution is 2.23. The van der Waals surface area contributed by atoms with Crippen LogP contribution >= 0.6 is 0 Å². The molecule has 2 nitrogen and oxygen atoms in total. The Morgan fingerprint density at radius 3 is 1.57 bits per heavy atom. The maximum absolute atomic E-state index is 6.30. The van der Waals surface area contributed by atoms with Gasteiger partial charge in [0, 0.05) is 13.2 Å². The maximum atomic E-state index is 6.30. The van der Waals surface area contributed by atoms with E-state index in [1.54, 1.807) is 0 Å². The predicted octanol–water partition coefficient (Wildman–Crippen LogP) is 8.58. The Kier molecular flexibility index (Phi) is 16.8. The molecule has 0 radical (unpaired) electrons. The molecule has 0 bridgehead atoms. The zero-order chi connectivity index (χ0) is 20.3. The van der Waals surface area contributed by atoms with Crippen LogP contribution in [0.5, 0.6) is 0 Å². The number of hydrogen-bond donors (Lipinski definition) is 0. The summed E-state index contributed by atoms with van der Waals surface area (Å²) in [5.41, 5.74) is 0.433. The van der Waals surface area contributed by atoms with E-state index in [1.165, 1.54) is 122 Å². The van der Waals surface area contributed by atoms with Gasteiger partial charge >= 0.3 is 0 Å². The number of hydrogen-bond acceptors (Lipinski definition) is 2. The van der Waals surface area contributed by atoms with Gasteiger partial charge in [0.05, 0.1) is 5.73 Å². The van der Waals surface area contributed by atoms with Gasteiger partial charge in [-0.05, 0) is 38.8 Å². The first kappa shape index (κ1) is 26.2. The molecule has 168 valence electrons. The standard InChI is InChI=1S/C25H52O2Si/c1-4-5-6-7-8-9-10-11-12-13-14-15-16-17-18-20-24-27-28(2,3)25-22-19-21-23-26-25/h25H,4-24H2,1-3H3. The fourth-order valence-corrected chi connectivity index (χ4v) is 6.64. The Hall–Kier alpha value is 0.137. The summed E-state index contributed by atoms with van der Waals surface area (Å²) in [5.74, 6) is 0. The first-order valence-electron chi connectivity index (χ1n) is 12.9. The van der Waals surface area contributed by atoms with Crippen LogP contribution < -0.4 is 0 Å². The van der Waals surface area contributed by atoms with E-state index in [4.69, 9.17) is 9.16 Å². The lowest BCUT2D eigenvalue weighted by molar-refractivity contribution is 0.0455. The Bertz CT molecular complexity index is 327. The van der Waals surface area contributed by atoms with Gasteiger partial charge in [0.15, 0.2) is 0 Å². The smallest absolute Gasteiger partial charge is 0.214 e. The Morgan fingerprint density at radius 2 is 1.14 bits per heavy atom. The van der Waals surface area contributed by atoms with Crippen LogP contribution in [0.15, 0.2) is 0 Å². The summed E-state index contributed by atoms with van der Waals surface area (Å²) in [6, 6.07) is 0. The van der Waals surface area contributed by atoms with Gasteiger partial charge in [0.2, 0.25) is 8.32 Å². The van der Waals surface area contributed by atoms with E-state index in [0.29, 0.717) is 5.73 Å². The van der Waals surface area contributed by atoms with Crippen molar-refractivity contribution >= 4 is 8.32 Å². The summed E-state index contributed by atoms with van der Waals surface area (Å²) in [5, 5.41) is 0. The highest BCUT2D eigenvalue weighted by atomic mass is 28.4. The molecule has 0 aliphatic carbocycles. The van der Waals surface area contributed by atoms with E-state index < -0.39 is 8.32 Å². The van der Waals surface area contributed by atoms with E-state index in [-0.39, 0.29) is 0 Å². The minimum absolute atomic E-state index is 0.433. The van der Waals surface area contributed by atoms with Gasteiger partial charge < -0.3 is 9.16 Å². The van der Waals surface area contributed by atoms with Crippen molar-refractivity contribution in [1.29, 1.82) is 0 Å². The van der Waals surface area contributed by atoms with Crippen LogP contribution in [0.4, 0.5) is 0 Å². The van der Waals surface area contributed by atoms with Gasteiger partial charge in [-0.25, -0.2) is 0 Å². The van der Waals surface area contributed by atoms with Gasteiger partial charge in [0.25, 0.3) is 0 Å². The summed E-state index contributed by atoms with van der Waals surface area (Å²) in [6.45, 7) is 8.89. The Labute approximate surface area is 178 Å². The molecule has 0 aromatic carbocycles. The summed E-state index contributed by atoms with van der Waals surface area (Å²) in [6.07, 6.45) is 26.6. The average Bonchev–Trinajstić information content (AvgIpc) is 2.71. The van der Waals surface area contributed by atoms with Crippen molar-refractivity contribution in [3.05, 3.63) is 0 Å². The average molecular weight is 413 g/mol. The van der Waals surface area contributed by atoms with E-state index in [9.17, 15) is 0 Å². The minimum atomic E-state index is -1.63. The SMILES string of the molecule is CCCCCCCCCCCCCCCCCCO[Si](C)(C)C1CCCCO1. The van der Waals surface area contributed by atoms with E-state index in [1.807, 2.05) is 0 Å². The molecule has 0 aromatic heterocycles. The second kappa shape index (κ2) is 17.9. The third kappa shape index (κ3) is 14.2. The largest absolute Gasteiger partial charge is 0.415 e. The maximum Gasteiger partial charge on any atom is 0.214 e. The summed E-state index contributed by atoms with van der Waals surface area (Å²) < 4.78 is 12.3. The topological polar surface area (TPSA) is 18.5 Å². The summed E-state index contributed by atoms with van der Waals surface area (Å²) >= 11 is 0. The molecule has 0 spiro atoms. The van der Waals surface area contributed by atoms with Crippen molar-refractivity contribution in [1.82, 2.24) is 0 Å². The summed E-state index contributed by atoms with van der Waals surface area (Å²) in [4.78, 5) is 0. The quantitative estimate of drug-likeness (QED) is 0.156. The van der Waals surface area contributed by atoms with Crippen LogP contribution in [0.25, 0.3) is 0 Å². The van der Waals surface area contributed by atoms with Crippen LogP contribution in [0, 0.1) is 0 Å². The molecule has 3 heteroatoms. The second-order valence-electron chi connectivity index (χ2n) is 9.61. The molecule has 28 heavy (non-hydrogen) atoms. The van der Waals surface area contributed by atoms with Crippen molar-refractivity contribution in [2.24, 2.45) is 0 Å². The van der Waals surface area contributed by atoms with Crippen LogP contribution in [0.1, 0.15) is 129 Å². The second-order valence-corrected chi connectivity index (χ2v) is 13.7. The predicted molar refractivity (Wildman–Crippen MR) is 127 cm³/mol. The van der Waals surface area contributed by atoms with Crippen molar-refractivity contribution in [3.63, 3.8) is 0 Å². The molecule has 1 fully saturated rings. The Morgan fingerprint density at radius 1 is 0.679 bits per heavy atom. The molecular weight excluding hydrogens is 360 g/mol. The lowest BCUT2D eigenvalue weighted by Crippen LogP contribution is -2.48. The molecular formula is C25H52O2Si. The Balaban J connectivity index is 1.77. The molecule has 1 atom stereocenters. The van der Waals surface area contributed by atoms with Crippen LogP contribution in [0.2, 0.25) is 13.1 Å². The van der Waals surface area contributed by atoms with Crippen molar-refractivity contribution in [2.45, 2.75) is 148 Å². The van der Waals surface area contributed by atoms with Crippen LogP contribution in [-0.2, 0) is 9.16 Å². The third-order valence-electron chi connectivity index (χ3n) is 6.43. The molecule has 1 heterocycles. The van der Waals surface area contributed by atoms with Crippen LogP contribution in [0.3, 0.4) is 0 Å². The summed E-state index contributed by atoms with van der Waals surface area (Å²) in [7, 11) is -1.63. The molecule has 0 amide bonds. The lowest BCUT2D eigenvalue weighted by Gasteiger charge is -2.34. The molecule has 1 aliphatic heterocycles. The first-order valence-corrected chi connectivity index (χ1v) is 15.9. The monoisotopic (exact) mass is 412 g/mol. The van der Waals surface area contributed by atoms with Gasteiger partial charge in [0.1, 0.15) is 0 Å². The van der Waals surface area contributed by atoms with Crippen molar-refractivity contribution in [2.75, 3.05) is 13.2 Å². The minimum Gasteiger partial charge on any atom is -0.415 e. The fraction of sp³-hybridized carbons (Fsp3) is 1.00. The van der Waals surface area contributed by atoms with E-state index in [0.717, 1.165) is 13.2 Å². The third-order valence-corrected chi connectivity index (χ3v) is 9.38. The highest BCUT2D eigenvalue weighted by molar-refractivity contribution is 6.72. The van der Waals surface area contributed by atoms with Gasteiger partial charge in [-0.15, -0.1) is 0 Å². The molecule has 1 unspecified atom stereocenters. The van der Waals surface area contributed by atoms with Gasteiger partial charge in [-0.3, -0.25) is 0 Å². The van der Waals surface area contributed by atoms with Gasteiger partial charge in [-0.1, -0.05) is 103 Å². The van der Waals surface area contributed by atoms with Gasteiger partial charge in [-0.2, -0.15) is 0 Å². The zero-order valence-electron chi connectivity index (χ0n) is 19.7. The molecule has 1 rings (SSSR count). The lowest BCUT2D eigenvalue weighted by atomic mass is 10.0. The number of rotatable bonds is 19. The fourth-order valence-electron chi connectivity index (χ4n) is 4.37. The van der Waals surface area contributed by atoms with E-state index in [2.05, 4.69) is 20.0 Å². The van der Waals surface area contributed by atoms with Crippen molar-refractivity contribution in [3.8, 4) is 0 Å². The molecule has 1 saturated heterocycles. The highest BCUT2D eigenvalue weighted by Gasteiger charge is 2.35. The molecule has 1 aliphatic rings. The van der Waals surface area contributed by atoms with Crippen molar-refractivity contribution < 1.29 is 9.16 Å². The molecule has 0 saturated carbocycles. The first-order chi connectivity index (χ1) is 13.7. The number of ether oxygens (including phenoxy) is 1.